The second kappa shape index (κ2) is 17.2. The zero-order chi connectivity index (χ0) is 36.8. The highest BCUT2D eigenvalue weighted by atomic mass is 35.5. The van der Waals surface area contributed by atoms with Crippen LogP contribution in [0.3, 0.4) is 0 Å². The van der Waals surface area contributed by atoms with Crippen molar-refractivity contribution in [3.8, 4) is 0 Å². The molecule has 0 bridgehead atoms. The van der Waals surface area contributed by atoms with Gasteiger partial charge in [-0.15, -0.1) is 0 Å². The number of hydrogen-bond donors (Lipinski definition) is 4. The Hall–Kier alpha value is -2.99. The van der Waals surface area contributed by atoms with E-state index in [-0.39, 0.29) is 90.6 Å². The van der Waals surface area contributed by atoms with E-state index >= 15 is 8.78 Å². The molecule has 0 radical (unpaired) electrons. The molecular weight excluding hydrogens is 704 g/mol. The second-order valence-corrected chi connectivity index (χ2v) is 16.0. The second-order valence-electron chi connectivity index (χ2n) is 13.6. The molecule has 282 valence electrons. The van der Waals surface area contributed by atoms with Crippen molar-refractivity contribution < 1.29 is 26.8 Å². The zero-order valence-electron chi connectivity index (χ0n) is 28.9. The molecule has 1 aromatic heterocycles. The van der Waals surface area contributed by atoms with Gasteiger partial charge in [0.1, 0.15) is 11.0 Å². The molecule has 2 amide bonds. The van der Waals surface area contributed by atoms with Gasteiger partial charge in [0.05, 0.1) is 4.90 Å². The van der Waals surface area contributed by atoms with Crippen molar-refractivity contribution in [1.82, 2.24) is 19.5 Å². The molecule has 1 aliphatic carbocycles. The number of piperazine rings is 1. The molecule has 2 aromatic rings. The number of nitrogens with two attached hydrogens (primary N) is 3. The average molecular weight is 754 g/mol. The number of carbonyl (C=O) groups is 2. The van der Waals surface area contributed by atoms with Crippen molar-refractivity contribution in [1.29, 1.82) is 0 Å². The Balaban J connectivity index is 1.13. The van der Waals surface area contributed by atoms with E-state index in [2.05, 4.69) is 15.2 Å². The lowest BCUT2D eigenvalue weighted by Crippen LogP contribution is -2.49. The maximum absolute atomic E-state index is 16.0. The summed E-state index contributed by atoms with van der Waals surface area (Å²) >= 11 is 6.27. The first-order valence-corrected chi connectivity index (χ1v) is 19.5. The molecule has 0 unspecified atom stereocenters. The molecule has 1 saturated carbocycles. The summed E-state index contributed by atoms with van der Waals surface area (Å²) in [5, 5.41) is 2.89. The molecule has 17 heteroatoms. The normalized spacial score (nSPS) is 22.2. The number of anilines is 2. The first-order chi connectivity index (χ1) is 24.3. The van der Waals surface area contributed by atoms with Gasteiger partial charge in [0.2, 0.25) is 21.8 Å². The maximum atomic E-state index is 16.0. The maximum Gasteiger partial charge on any atom is 0.276 e. The van der Waals surface area contributed by atoms with E-state index in [4.69, 9.17) is 28.8 Å². The van der Waals surface area contributed by atoms with E-state index < -0.39 is 21.9 Å². The Morgan fingerprint density at radius 2 is 1.65 bits per heavy atom. The van der Waals surface area contributed by atoms with E-state index in [1.54, 1.807) is 21.9 Å². The van der Waals surface area contributed by atoms with Gasteiger partial charge in [-0.3, -0.25) is 9.59 Å². The number of pyridine rings is 1. The van der Waals surface area contributed by atoms with E-state index in [1.165, 1.54) is 28.6 Å². The average Bonchev–Trinajstić information content (AvgIpc) is 3.47. The summed E-state index contributed by atoms with van der Waals surface area (Å²) in [4.78, 5) is 34.8. The van der Waals surface area contributed by atoms with Crippen LogP contribution in [0.5, 0.6) is 0 Å². The van der Waals surface area contributed by atoms with Crippen molar-refractivity contribution in [2.75, 3.05) is 81.8 Å². The highest BCUT2D eigenvalue weighted by molar-refractivity contribution is 7.89. The van der Waals surface area contributed by atoms with Gasteiger partial charge in [0.25, 0.3) is 5.92 Å². The number of carbonyl (C=O) groups excluding carboxylic acids is 2. The first-order valence-electron chi connectivity index (χ1n) is 17.7. The smallest absolute Gasteiger partial charge is 0.276 e. The van der Waals surface area contributed by atoms with Crippen LogP contribution in [0, 0.1) is 11.8 Å². The van der Waals surface area contributed by atoms with Crippen molar-refractivity contribution >= 4 is 44.9 Å². The number of aromatic nitrogens is 1. The zero-order valence-corrected chi connectivity index (χ0v) is 30.4. The molecule has 7 N–H and O–H groups in total. The van der Waals surface area contributed by atoms with Gasteiger partial charge in [0.15, 0.2) is 0 Å². The van der Waals surface area contributed by atoms with Gasteiger partial charge < -0.3 is 37.2 Å². The minimum Gasteiger partial charge on any atom is -0.356 e. The van der Waals surface area contributed by atoms with Gasteiger partial charge in [-0.05, 0) is 75.0 Å². The van der Waals surface area contributed by atoms with Crippen molar-refractivity contribution in [2.45, 2.75) is 55.4 Å². The number of nitrogens with one attached hydrogen (secondary N) is 1. The molecule has 13 nitrogen and oxygen atoms in total. The van der Waals surface area contributed by atoms with E-state index in [9.17, 15) is 18.0 Å². The summed E-state index contributed by atoms with van der Waals surface area (Å²) in [6.07, 6.45) is 2.13. The molecule has 2 saturated heterocycles. The lowest BCUT2D eigenvalue weighted by Gasteiger charge is -2.36. The van der Waals surface area contributed by atoms with Crippen molar-refractivity contribution in [3.05, 3.63) is 47.1 Å². The predicted molar refractivity (Wildman–Crippen MR) is 193 cm³/mol. The lowest BCUT2D eigenvalue weighted by atomic mass is 9.77. The fourth-order valence-electron chi connectivity index (χ4n) is 7.24. The number of nitrogens with zero attached hydrogens (tertiary/aromatic N) is 5. The molecule has 2 aliphatic heterocycles. The molecule has 3 aliphatic rings. The molecular formula is C34H50ClF2N9O4S. The number of halogens is 3. The fourth-order valence-corrected chi connectivity index (χ4v) is 8.87. The highest BCUT2D eigenvalue weighted by Crippen LogP contribution is 2.46. The topological polar surface area (TPSA) is 184 Å². The number of rotatable bonds is 15. The molecule has 3 fully saturated rings. The summed E-state index contributed by atoms with van der Waals surface area (Å²) < 4.78 is 60.2. The fraction of sp³-hybridized carbons (Fsp3) is 0.618. The Bertz CT molecular complexity index is 1600. The first kappa shape index (κ1) is 39.2. The third kappa shape index (κ3) is 9.52. The molecule has 1 aromatic carbocycles. The number of hydrogen-bond acceptors (Lipinski definition) is 10. The number of benzene rings is 1. The molecule has 51 heavy (non-hydrogen) atoms. The molecule has 1 atom stereocenters. The van der Waals surface area contributed by atoms with Gasteiger partial charge in [0, 0.05) is 101 Å². The summed E-state index contributed by atoms with van der Waals surface area (Å²) in [6.45, 7) is 4.92. The highest BCUT2D eigenvalue weighted by Gasteiger charge is 2.44. The molecule has 5 rings (SSSR count). The Labute approximate surface area is 303 Å². The Morgan fingerprint density at radius 3 is 2.24 bits per heavy atom. The van der Waals surface area contributed by atoms with Crippen LogP contribution in [0.15, 0.2) is 41.3 Å². The van der Waals surface area contributed by atoms with Gasteiger partial charge >= 0.3 is 0 Å². The monoisotopic (exact) mass is 753 g/mol. The third-order valence-corrected chi connectivity index (χ3v) is 12.2. The van der Waals surface area contributed by atoms with Gasteiger partial charge in [-0.25, -0.2) is 22.2 Å². The van der Waals surface area contributed by atoms with Crippen LogP contribution in [0.2, 0.25) is 5.15 Å². The summed E-state index contributed by atoms with van der Waals surface area (Å²) in [5.74, 6) is -4.40. The van der Waals surface area contributed by atoms with Crippen LogP contribution in [0.25, 0.3) is 0 Å². The largest absolute Gasteiger partial charge is 0.356 e. The van der Waals surface area contributed by atoms with Crippen LogP contribution in [-0.4, -0.2) is 112 Å². The predicted octanol–water partition coefficient (Wildman–Crippen LogP) is 1.93. The van der Waals surface area contributed by atoms with Crippen LogP contribution in [0.1, 0.15) is 44.1 Å². The SMILES string of the molecule is NCCN(CCN)CCCNC(=O)C1CCC(C(F)(F)c2cc(Cl)nc(N3CCN(S(=O)(=O)c4ccc(N5C[C@H](N)CC5=O)cc4)CC3)c2)CC1. The molecule has 3 heterocycles. The van der Waals surface area contributed by atoms with E-state index in [0.717, 1.165) is 26.1 Å². The summed E-state index contributed by atoms with van der Waals surface area (Å²) in [7, 11) is -3.84. The Morgan fingerprint density at radius 1 is 1.00 bits per heavy atom. The lowest BCUT2D eigenvalue weighted by molar-refractivity contribution is -0.129. The Kier molecular flexibility index (Phi) is 13.2. The van der Waals surface area contributed by atoms with Crippen molar-refractivity contribution in [2.24, 2.45) is 29.0 Å². The van der Waals surface area contributed by atoms with Crippen molar-refractivity contribution in [3.63, 3.8) is 0 Å². The van der Waals surface area contributed by atoms with Crippen LogP contribution >= 0.6 is 11.6 Å². The van der Waals surface area contributed by atoms with Gasteiger partial charge in [-0.2, -0.15) is 4.31 Å². The minimum atomic E-state index is -3.84. The number of sulfonamides is 1. The number of amides is 2. The number of alkyl halides is 2. The molecule has 0 spiro atoms. The van der Waals surface area contributed by atoms with Crippen LogP contribution in [0.4, 0.5) is 20.3 Å². The quantitative estimate of drug-likeness (QED) is 0.155. The van der Waals surface area contributed by atoms with Crippen LogP contribution in [-0.2, 0) is 25.5 Å². The van der Waals surface area contributed by atoms with Crippen LogP contribution < -0.4 is 32.3 Å². The summed E-state index contributed by atoms with van der Waals surface area (Å²) in [5.41, 5.74) is 17.5. The summed E-state index contributed by atoms with van der Waals surface area (Å²) in [6, 6.07) is 8.43. The van der Waals surface area contributed by atoms with E-state index in [0.29, 0.717) is 44.7 Å². The van der Waals surface area contributed by atoms with E-state index in [1.807, 2.05) is 0 Å². The van der Waals surface area contributed by atoms with Gasteiger partial charge in [-0.1, -0.05) is 11.6 Å². The minimum absolute atomic E-state index is 0.0701. The standard InChI is InChI=1S/C34H50ClF2N9O4S/c35-30-20-26(34(36,37)25-4-2-24(3-5-25)33(48)41-12-1-13-43(14-10-38)15-11-39)21-31(42-30)44-16-18-45(19-17-44)51(49,50)29-8-6-28(7-9-29)46-23-27(40)22-32(46)47/h6-9,20-21,24-25,27H,1-5,10-19,22-23,38-40H2,(H,41,48)/t24?,25?,27-/m1/s1. The third-order valence-electron chi connectivity index (χ3n) is 10.1.